The van der Waals surface area contributed by atoms with E-state index in [4.69, 9.17) is 0 Å². The van der Waals surface area contributed by atoms with E-state index >= 15 is 0 Å². The third-order valence-electron chi connectivity index (χ3n) is 2.73. The zero-order valence-corrected chi connectivity index (χ0v) is 9.86. The van der Waals surface area contributed by atoms with Crippen molar-refractivity contribution in [3.8, 4) is 0 Å². The maximum Gasteiger partial charge on any atom is 0.169 e. The second-order valence-electron chi connectivity index (χ2n) is 3.87. The van der Waals surface area contributed by atoms with Crippen LogP contribution < -0.4 is 0 Å². The van der Waals surface area contributed by atoms with Crippen molar-refractivity contribution >= 4 is 5.78 Å². The number of rotatable bonds is 6. The van der Waals surface area contributed by atoms with Crippen LogP contribution in [0.15, 0.2) is 12.4 Å². The lowest BCUT2D eigenvalue weighted by molar-refractivity contribution is 0.0913. The van der Waals surface area contributed by atoms with Gasteiger partial charge in [0, 0.05) is 18.7 Å². The van der Waals surface area contributed by atoms with Crippen LogP contribution in [0.4, 0.5) is 0 Å². The molecular formula is C12H20N2O. The van der Waals surface area contributed by atoms with Crippen molar-refractivity contribution in [2.45, 2.75) is 46.6 Å². The van der Waals surface area contributed by atoms with E-state index in [0.29, 0.717) is 0 Å². The van der Waals surface area contributed by atoms with Crippen molar-refractivity contribution in [1.29, 1.82) is 0 Å². The molecule has 0 aliphatic rings. The summed E-state index contributed by atoms with van der Waals surface area (Å²) in [5, 5.41) is 4.17. The second kappa shape index (κ2) is 5.69. The molecule has 3 nitrogen and oxygen atoms in total. The Kier molecular flexibility index (Phi) is 4.53. The number of nitrogens with zero attached hydrogens (tertiary/aromatic N) is 2. The summed E-state index contributed by atoms with van der Waals surface area (Å²) in [7, 11) is 0. The number of aromatic nitrogens is 2. The van der Waals surface area contributed by atoms with Gasteiger partial charge in [0.15, 0.2) is 5.78 Å². The molecule has 0 aromatic carbocycles. The van der Waals surface area contributed by atoms with Gasteiger partial charge in [-0.3, -0.25) is 9.48 Å². The molecule has 1 heterocycles. The molecule has 0 fully saturated rings. The number of carbonyl (C=O) groups is 1. The topological polar surface area (TPSA) is 34.9 Å². The van der Waals surface area contributed by atoms with Gasteiger partial charge in [-0.05, 0) is 19.3 Å². The molecule has 0 atom stereocenters. The van der Waals surface area contributed by atoms with Crippen molar-refractivity contribution in [1.82, 2.24) is 9.78 Å². The third-order valence-corrected chi connectivity index (χ3v) is 2.73. The summed E-state index contributed by atoms with van der Waals surface area (Å²) in [4.78, 5) is 12.0. The molecular weight excluding hydrogens is 188 g/mol. The summed E-state index contributed by atoms with van der Waals surface area (Å²) >= 11 is 0. The smallest absolute Gasteiger partial charge is 0.169 e. The third kappa shape index (κ3) is 2.91. The monoisotopic (exact) mass is 208 g/mol. The Hall–Kier alpha value is -1.12. The molecule has 1 rings (SSSR count). The Labute approximate surface area is 91.5 Å². The quantitative estimate of drug-likeness (QED) is 0.674. The number of carbonyl (C=O) groups excluding carboxylic acids is 1. The molecule has 0 bridgehead atoms. The van der Waals surface area contributed by atoms with Gasteiger partial charge >= 0.3 is 0 Å². The minimum Gasteiger partial charge on any atom is -0.294 e. The number of hydrogen-bond donors (Lipinski definition) is 0. The maximum absolute atomic E-state index is 12.0. The average Bonchev–Trinajstić information content (AvgIpc) is 2.68. The number of ketones is 1. The predicted octanol–water partition coefficient (Wildman–Crippen LogP) is 2.91. The molecule has 0 unspecified atom stereocenters. The van der Waals surface area contributed by atoms with Crippen molar-refractivity contribution < 1.29 is 4.79 Å². The van der Waals surface area contributed by atoms with E-state index in [1.54, 1.807) is 6.20 Å². The minimum atomic E-state index is 0.157. The van der Waals surface area contributed by atoms with E-state index in [2.05, 4.69) is 25.9 Å². The van der Waals surface area contributed by atoms with Crippen molar-refractivity contribution in [2.75, 3.05) is 0 Å². The summed E-state index contributed by atoms with van der Waals surface area (Å²) in [6.45, 7) is 7.10. The average molecular weight is 208 g/mol. The molecule has 0 saturated heterocycles. The first-order chi connectivity index (χ1) is 7.22. The van der Waals surface area contributed by atoms with E-state index in [0.717, 1.165) is 31.4 Å². The summed E-state index contributed by atoms with van der Waals surface area (Å²) in [5.41, 5.74) is 0.761. The lowest BCUT2D eigenvalue weighted by atomic mass is 9.95. The highest BCUT2D eigenvalue weighted by Gasteiger charge is 2.17. The Morgan fingerprint density at radius 3 is 2.60 bits per heavy atom. The minimum absolute atomic E-state index is 0.157. The zero-order chi connectivity index (χ0) is 11.3. The molecule has 0 aliphatic carbocycles. The Morgan fingerprint density at radius 2 is 2.07 bits per heavy atom. The highest BCUT2D eigenvalue weighted by molar-refractivity contribution is 5.97. The van der Waals surface area contributed by atoms with Gasteiger partial charge in [0.25, 0.3) is 0 Å². The molecule has 1 aromatic rings. The van der Waals surface area contributed by atoms with Crippen LogP contribution in [0, 0.1) is 5.92 Å². The molecule has 1 aromatic heterocycles. The van der Waals surface area contributed by atoms with E-state index in [1.807, 2.05) is 10.9 Å². The Balaban J connectivity index is 2.73. The van der Waals surface area contributed by atoms with E-state index < -0.39 is 0 Å². The molecule has 0 radical (unpaired) electrons. The number of hydrogen-bond acceptors (Lipinski definition) is 2. The summed E-state index contributed by atoms with van der Waals surface area (Å²) in [6.07, 6.45) is 6.42. The fourth-order valence-electron chi connectivity index (χ4n) is 1.74. The van der Waals surface area contributed by atoms with Gasteiger partial charge in [-0.15, -0.1) is 0 Å². The van der Waals surface area contributed by atoms with Crippen LogP contribution in [0.1, 0.15) is 50.4 Å². The molecule has 0 amide bonds. The summed E-state index contributed by atoms with van der Waals surface area (Å²) in [6, 6.07) is 0. The molecule has 84 valence electrons. The molecule has 0 saturated carbocycles. The second-order valence-corrected chi connectivity index (χ2v) is 3.87. The predicted molar refractivity (Wildman–Crippen MR) is 60.9 cm³/mol. The van der Waals surface area contributed by atoms with Crippen LogP contribution in [-0.2, 0) is 6.54 Å². The van der Waals surface area contributed by atoms with Crippen LogP contribution in [0.3, 0.4) is 0 Å². The van der Waals surface area contributed by atoms with Crippen LogP contribution in [0.2, 0.25) is 0 Å². The highest BCUT2D eigenvalue weighted by atomic mass is 16.1. The largest absolute Gasteiger partial charge is 0.294 e. The fourth-order valence-corrected chi connectivity index (χ4v) is 1.74. The van der Waals surface area contributed by atoms with Crippen molar-refractivity contribution in [3.05, 3.63) is 18.0 Å². The fraction of sp³-hybridized carbons (Fsp3) is 0.667. The number of Topliss-reactive ketones (excluding diaryl/α,β-unsaturated/α-hetero) is 1. The van der Waals surface area contributed by atoms with E-state index in [9.17, 15) is 4.79 Å². The van der Waals surface area contributed by atoms with Gasteiger partial charge in [0.1, 0.15) is 0 Å². The standard InChI is InChI=1S/C12H20N2O/c1-4-7-14-9-11(8-13-14)12(15)10(5-2)6-3/h8-10H,4-7H2,1-3H3. The molecule has 3 heteroatoms. The van der Waals surface area contributed by atoms with Crippen LogP contribution in [0.5, 0.6) is 0 Å². The molecule has 0 aliphatic heterocycles. The normalized spacial score (nSPS) is 10.9. The first-order valence-electron chi connectivity index (χ1n) is 5.79. The van der Waals surface area contributed by atoms with Crippen molar-refractivity contribution in [2.24, 2.45) is 5.92 Å². The van der Waals surface area contributed by atoms with Gasteiger partial charge in [-0.1, -0.05) is 20.8 Å². The maximum atomic E-state index is 12.0. The van der Waals surface area contributed by atoms with Crippen LogP contribution in [-0.4, -0.2) is 15.6 Å². The van der Waals surface area contributed by atoms with Crippen LogP contribution in [0.25, 0.3) is 0 Å². The summed E-state index contributed by atoms with van der Waals surface area (Å²) in [5.74, 6) is 0.395. The van der Waals surface area contributed by atoms with Crippen molar-refractivity contribution in [3.63, 3.8) is 0 Å². The van der Waals surface area contributed by atoms with Gasteiger partial charge in [0.2, 0.25) is 0 Å². The highest BCUT2D eigenvalue weighted by Crippen LogP contribution is 2.15. The Morgan fingerprint density at radius 1 is 1.40 bits per heavy atom. The Bertz CT molecular complexity index is 313. The number of aryl methyl sites for hydroxylation is 1. The van der Waals surface area contributed by atoms with E-state index in [1.165, 1.54) is 0 Å². The van der Waals surface area contributed by atoms with Gasteiger partial charge in [-0.25, -0.2) is 0 Å². The summed E-state index contributed by atoms with van der Waals surface area (Å²) < 4.78 is 1.84. The van der Waals surface area contributed by atoms with Crippen LogP contribution >= 0.6 is 0 Å². The van der Waals surface area contributed by atoms with Gasteiger partial charge in [-0.2, -0.15) is 5.10 Å². The zero-order valence-electron chi connectivity index (χ0n) is 9.86. The first kappa shape index (κ1) is 12.0. The lowest BCUT2D eigenvalue weighted by Crippen LogP contribution is -2.12. The first-order valence-corrected chi connectivity index (χ1v) is 5.79. The van der Waals surface area contributed by atoms with Gasteiger partial charge in [0.05, 0.1) is 11.8 Å². The molecule has 0 N–H and O–H groups in total. The van der Waals surface area contributed by atoms with E-state index in [-0.39, 0.29) is 11.7 Å². The SMILES string of the molecule is CCCn1cc(C(=O)C(CC)CC)cn1. The molecule has 15 heavy (non-hydrogen) atoms. The van der Waals surface area contributed by atoms with Gasteiger partial charge < -0.3 is 0 Å². The molecule has 0 spiro atoms. The lowest BCUT2D eigenvalue weighted by Gasteiger charge is -2.08.